The van der Waals surface area contributed by atoms with Crippen LogP contribution in [0.15, 0.2) is 33.8 Å². The van der Waals surface area contributed by atoms with Crippen molar-refractivity contribution in [1.82, 2.24) is 20.4 Å². The summed E-state index contributed by atoms with van der Waals surface area (Å²) in [7, 11) is 1.79. The van der Waals surface area contributed by atoms with Crippen molar-refractivity contribution in [3.63, 3.8) is 0 Å². The number of ether oxygens (including phenoxy) is 2. The van der Waals surface area contributed by atoms with Gasteiger partial charge in [0, 0.05) is 37.3 Å². The number of aliphatic imine (C=N–C) groups is 1. The second-order valence-electron chi connectivity index (χ2n) is 7.93. The van der Waals surface area contributed by atoms with Crippen molar-refractivity contribution in [2.45, 2.75) is 50.9 Å². The molecule has 0 saturated carbocycles. The number of hydrogen-bond acceptors (Lipinski definition) is 6. The third-order valence-electron chi connectivity index (χ3n) is 5.71. The Balaban J connectivity index is 1.21. The van der Waals surface area contributed by atoms with E-state index in [-0.39, 0.29) is 12.2 Å². The monoisotopic (exact) mass is 447 g/mol. The normalized spacial score (nSPS) is 20.8. The maximum Gasteiger partial charge on any atom is 0.246 e. The van der Waals surface area contributed by atoms with Crippen LogP contribution in [0, 0.1) is 0 Å². The van der Waals surface area contributed by atoms with Crippen molar-refractivity contribution in [1.29, 1.82) is 0 Å². The highest BCUT2D eigenvalue weighted by molar-refractivity contribution is 6.30. The molecule has 1 aromatic carbocycles. The SMILES string of the molecule is CN=C(NCc1nc(-c2ccc(Cl)cc2)no1)N1CCC(OCC2CCCCO2)CC1. The van der Waals surface area contributed by atoms with Crippen LogP contribution in [0.5, 0.6) is 0 Å². The Hall–Kier alpha value is -2.16. The Morgan fingerprint density at radius 1 is 1.23 bits per heavy atom. The molecule has 0 bridgehead atoms. The van der Waals surface area contributed by atoms with E-state index in [1.807, 2.05) is 24.3 Å². The van der Waals surface area contributed by atoms with Gasteiger partial charge in [-0.15, -0.1) is 0 Å². The van der Waals surface area contributed by atoms with Crippen LogP contribution < -0.4 is 5.32 Å². The number of benzene rings is 1. The Morgan fingerprint density at radius 2 is 2.03 bits per heavy atom. The fourth-order valence-electron chi connectivity index (χ4n) is 3.95. The van der Waals surface area contributed by atoms with Crippen LogP contribution in [0.3, 0.4) is 0 Å². The first kappa shape index (κ1) is 22.0. The highest BCUT2D eigenvalue weighted by Crippen LogP contribution is 2.20. The van der Waals surface area contributed by atoms with Gasteiger partial charge in [0.15, 0.2) is 5.96 Å². The zero-order valence-corrected chi connectivity index (χ0v) is 18.7. The summed E-state index contributed by atoms with van der Waals surface area (Å²) in [5.74, 6) is 1.89. The summed E-state index contributed by atoms with van der Waals surface area (Å²) in [4.78, 5) is 11.1. The first-order valence-electron chi connectivity index (χ1n) is 11.0. The third kappa shape index (κ3) is 6.18. The van der Waals surface area contributed by atoms with Gasteiger partial charge in [-0.2, -0.15) is 4.98 Å². The standard InChI is InChI=1S/C22H30ClN5O3/c1-24-22(25-14-20-26-21(27-31-20)16-5-7-17(23)8-6-16)28-11-9-18(10-12-28)30-15-19-4-2-3-13-29-19/h5-8,18-19H,2-4,9-15H2,1H3,(H,24,25). The number of nitrogens with zero attached hydrogens (tertiary/aromatic N) is 4. The molecule has 0 amide bonds. The molecule has 31 heavy (non-hydrogen) atoms. The van der Waals surface area contributed by atoms with Crippen molar-refractivity contribution >= 4 is 17.6 Å². The highest BCUT2D eigenvalue weighted by Gasteiger charge is 2.24. The molecule has 2 fully saturated rings. The van der Waals surface area contributed by atoms with Crippen LogP contribution in [0.25, 0.3) is 11.4 Å². The number of piperidine rings is 1. The van der Waals surface area contributed by atoms with Gasteiger partial charge >= 0.3 is 0 Å². The Morgan fingerprint density at radius 3 is 2.74 bits per heavy atom. The van der Waals surface area contributed by atoms with Crippen molar-refractivity contribution < 1.29 is 14.0 Å². The summed E-state index contributed by atoms with van der Waals surface area (Å²) >= 11 is 5.94. The van der Waals surface area contributed by atoms with Gasteiger partial charge in [-0.3, -0.25) is 4.99 Å². The van der Waals surface area contributed by atoms with Crippen LogP contribution in [-0.2, 0) is 16.0 Å². The van der Waals surface area contributed by atoms with Crippen molar-refractivity contribution in [2.75, 3.05) is 33.4 Å². The number of halogens is 1. The molecule has 1 atom stereocenters. The van der Waals surface area contributed by atoms with E-state index in [0.29, 0.717) is 29.9 Å². The van der Waals surface area contributed by atoms with E-state index in [0.717, 1.165) is 50.5 Å². The molecule has 9 heteroatoms. The van der Waals surface area contributed by atoms with Gasteiger partial charge in [-0.05, 0) is 56.4 Å². The summed E-state index contributed by atoms with van der Waals surface area (Å²) in [6.07, 6.45) is 6.06. The van der Waals surface area contributed by atoms with Crippen molar-refractivity contribution in [3.8, 4) is 11.4 Å². The fourth-order valence-corrected chi connectivity index (χ4v) is 4.07. The minimum Gasteiger partial charge on any atom is -0.376 e. The number of guanidine groups is 1. The molecule has 0 aliphatic carbocycles. The molecule has 4 rings (SSSR count). The molecule has 3 heterocycles. The van der Waals surface area contributed by atoms with E-state index in [1.54, 1.807) is 7.05 Å². The predicted molar refractivity (Wildman–Crippen MR) is 119 cm³/mol. The van der Waals surface area contributed by atoms with Crippen LogP contribution >= 0.6 is 11.6 Å². The van der Waals surface area contributed by atoms with Gasteiger partial charge < -0.3 is 24.2 Å². The predicted octanol–water partition coefficient (Wildman–Crippen LogP) is 3.52. The highest BCUT2D eigenvalue weighted by atomic mass is 35.5. The molecule has 8 nitrogen and oxygen atoms in total. The quantitative estimate of drug-likeness (QED) is 0.535. The van der Waals surface area contributed by atoms with Gasteiger partial charge in [0.25, 0.3) is 0 Å². The minimum atomic E-state index is 0.272. The number of nitrogens with one attached hydrogen (secondary N) is 1. The van der Waals surface area contributed by atoms with Crippen LogP contribution in [0.1, 0.15) is 38.0 Å². The first-order chi connectivity index (χ1) is 15.2. The second-order valence-corrected chi connectivity index (χ2v) is 8.36. The summed E-state index contributed by atoms with van der Waals surface area (Å²) in [6, 6.07) is 7.36. The Labute approximate surface area is 188 Å². The van der Waals surface area contributed by atoms with Crippen LogP contribution in [0.2, 0.25) is 5.02 Å². The molecular formula is C22H30ClN5O3. The fraction of sp³-hybridized carbons (Fsp3) is 0.591. The molecule has 1 N–H and O–H groups in total. The van der Waals surface area contributed by atoms with E-state index in [4.69, 9.17) is 25.6 Å². The van der Waals surface area contributed by atoms with E-state index in [9.17, 15) is 0 Å². The largest absolute Gasteiger partial charge is 0.376 e. The lowest BCUT2D eigenvalue weighted by Gasteiger charge is -2.34. The van der Waals surface area contributed by atoms with E-state index < -0.39 is 0 Å². The summed E-state index contributed by atoms with van der Waals surface area (Å²) in [5.41, 5.74) is 0.865. The smallest absolute Gasteiger partial charge is 0.246 e. The Kier molecular flexibility index (Phi) is 7.77. The van der Waals surface area contributed by atoms with Gasteiger partial charge in [0.1, 0.15) is 0 Å². The molecule has 0 spiro atoms. The zero-order chi connectivity index (χ0) is 21.5. The summed E-state index contributed by atoms with van der Waals surface area (Å²) in [5, 5.41) is 8.05. The lowest BCUT2D eigenvalue weighted by molar-refractivity contribution is -0.0721. The number of hydrogen-bond donors (Lipinski definition) is 1. The van der Waals surface area contributed by atoms with Gasteiger partial charge in [0.2, 0.25) is 11.7 Å². The molecule has 1 unspecified atom stereocenters. The van der Waals surface area contributed by atoms with Gasteiger partial charge in [0.05, 0.1) is 25.4 Å². The molecule has 1 aromatic heterocycles. The van der Waals surface area contributed by atoms with E-state index in [2.05, 4.69) is 25.3 Å². The van der Waals surface area contributed by atoms with Crippen molar-refractivity contribution in [2.24, 2.45) is 4.99 Å². The Bertz CT molecular complexity index is 843. The molecule has 0 radical (unpaired) electrons. The number of rotatable bonds is 6. The lowest BCUT2D eigenvalue weighted by Crippen LogP contribution is -2.47. The first-order valence-corrected chi connectivity index (χ1v) is 11.4. The maximum absolute atomic E-state index is 6.11. The van der Waals surface area contributed by atoms with Crippen LogP contribution in [-0.4, -0.2) is 66.6 Å². The third-order valence-corrected chi connectivity index (χ3v) is 5.97. The van der Waals surface area contributed by atoms with E-state index >= 15 is 0 Å². The minimum absolute atomic E-state index is 0.272. The summed E-state index contributed by atoms with van der Waals surface area (Å²) in [6.45, 7) is 3.80. The topological polar surface area (TPSA) is 85.0 Å². The molecule has 2 aromatic rings. The average Bonchev–Trinajstić information content (AvgIpc) is 3.29. The second kappa shape index (κ2) is 10.9. The molecular weight excluding hydrogens is 418 g/mol. The van der Waals surface area contributed by atoms with E-state index in [1.165, 1.54) is 12.8 Å². The van der Waals surface area contributed by atoms with Gasteiger partial charge in [-0.25, -0.2) is 0 Å². The summed E-state index contributed by atoms with van der Waals surface area (Å²) < 4.78 is 17.3. The lowest BCUT2D eigenvalue weighted by atomic mass is 10.1. The number of aromatic nitrogens is 2. The number of likely N-dealkylation sites (tertiary alicyclic amines) is 1. The van der Waals surface area contributed by atoms with Crippen molar-refractivity contribution in [3.05, 3.63) is 35.2 Å². The molecule has 2 aliphatic heterocycles. The zero-order valence-electron chi connectivity index (χ0n) is 17.9. The molecule has 2 saturated heterocycles. The maximum atomic E-state index is 6.11. The van der Waals surface area contributed by atoms with Gasteiger partial charge in [-0.1, -0.05) is 16.8 Å². The molecule has 2 aliphatic rings. The van der Waals surface area contributed by atoms with Crippen LogP contribution in [0.4, 0.5) is 0 Å². The molecule has 168 valence electrons. The average molecular weight is 448 g/mol.